The van der Waals surface area contributed by atoms with Gasteiger partial charge in [-0.05, 0) is 42.7 Å². The number of ether oxygens (including phenoxy) is 2. The van der Waals surface area contributed by atoms with Gasteiger partial charge in [-0.2, -0.15) is 0 Å². The molecule has 112 valence electrons. The van der Waals surface area contributed by atoms with Crippen molar-refractivity contribution in [2.24, 2.45) is 5.73 Å². The zero-order valence-corrected chi connectivity index (χ0v) is 13.9. The highest BCUT2D eigenvalue weighted by molar-refractivity contribution is 9.10. The molecule has 0 fully saturated rings. The van der Waals surface area contributed by atoms with Crippen LogP contribution in [0.3, 0.4) is 0 Å². The summed E-state index contributed by atoms with van der Waals surface area (Å²) in [5.74, 6) is 1.51. The van der Waals surface area contributed by atoms with Crippen molar-refractivity contribution in [3.8, 4) is 11.5 Å². The maximum Gasteiger partial charge on any atom is 0.164 e. The van der Waals surface area contributed by atoms with Gasteiger partial charge in [0.2, 0.25) is 0 Å². The molecule has 0 aliphatic heterocycles. The molecule has 0 aromatic heterocycles. The van der Waals surface area contributed by atoms with Crippen molar-refractivity contribution in [3.63, 3.8) is 0 Å². The summed E-state index contributed by atoms with van der Waals surface area (Å²) in [5.41, 5.74) is 8.08. The molecule has 2 aromatic carbocycles. The van der Waals surface area contributed by atoms with Crippen molar-refractivity contribution in [2.45, 2.75) is 26.0 Å². The Labute approximate surface area is 134 Å². The summed E-state index contributed by atoms with van der Waals surface area (Å²) in [6.45, 7) is 2.48. The zero-order chi connectivity index (χ0) is 15.2. The smallest absolute Gasteiger partial charge is 0.164 e. The quantitative estimate of drug-likeness (QED) is 0.859. The molecule has 4 heteroatoms. The van der Waals surface area contributed by atoms with Crippen LogP contribution in [0.2, 0.25) is 0 Å². The molecule has 0 saturated carbocycles. The topological polar surface area (TPSA) is 44.5 Å². The van der Waals surface area contributed by atoms with Gasteiger partial charge in [0.15, 0.2) is 11.5 Å². The second kappa shape index (κ2) is 7.48. The third kappa shape index (κ3) is 4.48. The number of methoxy groups -OCH3 is 1. The number of hydrogen-bond donors (Lipinski definition) is 1. The van der Waals surface area contributed by atoms with Crippen molar-refractivity contribution in [1.29, 1.82) is 0 Å². The van der Waals surface area contributed by atoms with E-state index < -0.39 is 0 Å². The SMILES string of the molecule is COc1cccc(CC(C)N)c1OCc1cccc(Br)c1. The highest BCUT2D eigenvalue weighted by Crippen LogP contribution is 2.32. The van der Waals surface area contributed by atoms with Gasteiger partial charge < -0.3 is 15.2 Å². The summed E-state index contributed by atoms with van der Waals surface area (Å²) < 4.78 is 12.4. The van der Waals surface area contributed by atoms with Crippen molar-refractivity contribution in [2.75, 3.05) is 7.11 Å². The van der Waals surface area contributed by atoms with E-state index in [0.29, 0.717) is 6.61 Å². The fourth-order valence-corrected chi connectivity index (χ4v) is 2.62. The first-order valence-corrected chi connectivity index (χ1v) is 7.68. The van der Waals surface area contributed by atoms with Crippen molar-refractivity contribution in [1.82, 2.24) is 0 Å². The van der Waals surface area contributed by atoms with Crippen LogP contribution >= 0.6 is 15.9 Å². The summed E-state index contributed by atoms with van der Waals surface area (Å²) in [5, 5.41) is 0. The number of para-hydroxylation sites is 1. The molecule has 1 atom stereocenters. The largest absolute Gasteiger partial charge is 0.493 e. The number of nitrogens with two attached hydrogens (primary N) is 1. The van der Waals surface area contributed by atoms with Crippen LogP contribution in [0.4, 0.5) is 0 Å². The number of hydrogen-bond acceptors (Lipinski definition) is 3. The fourth-order valence-electron chi connectivity index (χ4n) is 2.18. The maximum atomic E-state index is 6.00. The Balaban J connectivity index is 2.21. The third-order valence-corrected chi connectivity index (χ3v) is 3.59. The molecule has 0 bridgehead atoms. The van der Waals surface area contributed by atoms with Crippen molar-refractivity contribution < 1.29 is 9.47 Å². The lowest BCUT2D eigenvalue weighted by Crippen LogP contribution is -2.18. The summed E-state index contributed by atoms with van der Waals surface area (Å²) in [7, 11) is 1.65. The predicted octanol–water partition coefficient (Wildman–Crippen LogP) is 3.93. The van der Waals surface area contributed by atoms with E-state index in [1.807, 2.05) is 49.4 Å². The summed E-state index contributed by atoms with van der Waals surface area (Å²) >= 11 is 3.47. The first kappa shape index (κ1) is 15.9. The second-order valence-corrected chi connectivity index (χ2v) is 5.96. The minimum Gasteiger partial charge on any atom is -0.493 e. The van der Waals surface area contributed by atoms with E-state index in [1.54, 1.807) is 7.11 Å². The lowest BCUT2D eigenvalue weighted by atomic mass is 10.1. The van der Waals surface area contributed by atoms with Crippen LogP contribution in [0, 0.1) is 0 Å². The van der Waals surface area contributed by atoms with E-state index in [2.05, 4.69) is 15.9 Å². The van der Waals surface area contributed by atoms with Crippen LogP contribution in [-0.2, 0) is 13.0 Å². The number of rotatable bonds is 6. The Morgan fingerprint density at radius 3 is 2.62 bits per heavy atom. The van der Waals surface area contributed by atoms with E-state index in [4.69, 9.17) is 15.2 Å². The number of benzene rings is 2. The van der Waals surface area contributed by atoms with E-state index in [1.165, 1.54) is 0 Å². The maximum absolute atomic E-state index is 6.00. The molecular formula is C17H20BrNO2. The molecule has 2 N–H and O–H groups in total. The van der Waals surface area contributed by atoms with Crippen LogP contribution < -0.4 is 15.2 Å². The third-order valence-electron chi connectivity index (χ3n) is 3.09. The average molecular weight is 350 g/mol. The van der Waals surface area contributed by atoms with Crippen molar-refractivity contribution >= 4 is 15.9 Å². The van der Waals surface area contributed by atoms with Gasteiger partial charge in [-0.25, -0.2) is 0 Å². The molecule has 0 aliphatic carbocycles. The van der Waals surface area contributed by atoms with Crippen LogP contribution in [0.15, 0.2) is 46.9 Å². The van der Waals surface area contributed by atoms with Gasteiger partial charge in [0.25, 0.3) is 0 Å². The molecule has 2 aromatic rings. The lowest BCUT2D eigenvalue weighted by molar-refractivity contribution is 0.281. The molecule has 3 nitrogen and oxygen atoms in total. The van der Waals surface area contributed by atoms with Gasteiger partial charge >= 0.3 is 0 Å². The summed E-state index contributed by atoms with van der Waals surface area (Å²) in [4.78, 5) is 0. The normalized spacial score (nSPS) is 12.0. The molecule has 0 saturated heterocycles. The molecule has 0 aliphatic rings. The monoisotopic (exact) mass is 349 g/mol. The van der Waals surface area contributed by atoms with Crippen molar-refractivity contribution in [3.05, 3.63) is 58.1 Å². The van der Waals surface area contributed by atoms with Crippen LogP contribution in [0.5, 0.6) is 11.5 Å². The summed E-state index contributed by atoms with van der Waals surface area (Å²) in [6.07, 6.45) is 0.755. The Hall–Kier alpha value is -1.52. The molecule has 21 heavy (non-hydrogen) atoms. The van der Waals surface area contributed by atoms with E-state index in [0.717, 1.165) is 33.5 Å². The minimum absolute atomic E-state index is 0.0744. The Morgan fingerprint density at radius 2 is 1.95 bits per heavy atom. The molecule has 0 spiro atoms. The first-order valence-electron chi connectivity index (χ1n) is 6.89. The average Bonchev–Trinajstić information content (AvgIpc) is 2.45. The molecule has 0 heterocycles. The van der Waals surface area contributed by atoms with E-state index >= 15 is 0 Å². The molecule has 1 unspecified atom stereocenters. The van der Waals surface area contributed by atoms with Gasteiger partial charge in [0, 0.05) is 10.5 Å². The Morgan fingerprint density at radius 1 is 1.19 bits per heavy atom. The van der Waals surface area contributed by atoms with Gasteiger partial charge in [-0.1, -0.05) is 40.2 Å². The van der Waals surface area contributed by atoms with Crippen LogP contribution in [0.1, 0.15) is 18.1 Å². The van der Waals surface area contributed by atoms with Gasteiger partial charge in [-0.3, -0.25) is 0 Å². The highest BCUT2D eigenvalue weighted by Gasteiger charge is 2.12. The van der Waals surface area contributed by atoms with Gasteiger partial charge in [-0.15, -0.1) is 0 Å². The highest BCUT2D eigenvalue weighted by atomic mass is 79.9. The molecular weight excluding hydrogens is 330 g/mol. The molecule has 0 radical (unpaired) electrons. The van der Waals surface area contributed by atoms with E-state index in [9.17, 15) is 0 Å². The second-order valence-electron chi connectivity index (χ2n) is 5.05. The van der Waals surface area contributed by atoms with Gasteiger partial charge in [0.05, 0.1) is 7.11 Å². The van der Waals surface area contributed by atoms with Crippen LogP contribution in [0.25, 0.3) is 0 Å². The molecule has 2 rings (SSSR count). The number of halogens is 1. The van der Waals surface area contributed by atoms with Gasteiger partial charge in [0.1, 0.15) is 6.61 Å². The fraction of sp³-hybridized carbons (Fsp3) is 0.294. The lowest BCUT2D eigenvalue weighted by Gasteiger charge is -2.16. The minimum atomic E-state index is 0.0744. The predicted molar refractivity (Wildman–Crippen MR) is 88.8 cm³/mol. The summed E-state index contributed by atoms with van der Waals surface area (Å²) in [6, 6.07) is 14.0. The first-order chi connectivity index (χ1) is 10.1. The standard InChI is InChI=1S/C17H20BrNO2/c1-12(19)9-14-6-4-8-16(20-2)17(14)21-11-13-5-3-7-15(18)10-13/h3-8,10,12H,9,11,19H2,1-2H3. The zero-order valence-electron chi connectivity index (χ0n) is 12.3. The Bertz CT molecular complexity index is 599. The Kier molecular flexibility index (Phi) is 5.65. The van der Waals surface area contributed by atoms with E-state index in [-0.39, 0.29) is 6.04 Å². The molecule has 0 amide bonds. The van der Waals surface area contributed by atoms with Crippen LogP contribution in [-0.4, -0.2) is 13.2 Å².